The summed E-state index contributed by atoms with van der Waals surface area (Å²) in [6, 6.07) is 9.38. The van der Waals surface area contributed by atoms with Crippen LogP contribution in [0.3, 0.4) is 0 Å². The Balaban J connectivity index is 2.22. The Morgan fingerprint density at radius 1 is 1.14 bits per heavy atom. The average molecular weight is 389 g/mol. The molecular formula is C15H15BrClNO2S. The van der Waals surface area contributed by atoms with Crippen molar-refractivity contribution < 1.29 is 9.47 Å². The lowest BCUT2D eigenvalue weighted by molar-refractivity contribution is 0.398. The normalized spacial score (nSPS) is 10.5. The summed E-state index contributed by atoms with van der Waals surface area (Å²) < 4.78 is 11.6. The second-order valence-electron chi connectivity index (χ2n) is 4.28. The fourth-order valence-electron chi connectivity index (χ4n) is 1.83. The second kappa shape index (κ2) is 7.29. The van der Waals surface area contributed by atoms with Crippen LogP contribution in [-0.4, -0.2) is 14.2 Å². The van der Waals surface area contributed by atoms with Crippen LogP contribution in [0.1, 0.15) is 5.56 Å². The fourth-order valence-corrected chi connectivity index (χ4v) is 3.56. The molecule has 0 aliphatic carbocycles. The lowest BCUT2D eigenvalue weighted by Gasteiger charge is -2.12. The van der Waals surface area contributed by atoms with Gasteiger partial charge >= 0.3 is 0 Å². The molecule has 112 valence electrons. The van der Waals surface area contributed by atoms with E-state index in [9.17, 15) is 0 Å². The first-order valence-corrected chi connectivity index (χ1v) is 8.29. The summed E-state index contributed by atoms with van der Waals surface area (Å²) in [5.41, 5.74) is 7.40. The number of methoxy groups -OCH3 is 2. The number of hydrogen-bond acceptors (Lipinski definition) is 4. The van der Waals surface area contributed by atoms with Crippen LogP contribution in [0.15, 0.2) is 39.7 Å². The van der Waals surface area contributed by atoms with Crippen LogP contribution in [-0.2, 0) is 5.75 Å². The third-order valence-corrected chi connectivity index (χ3v) is 5.06. The highest BCUT2D eigenvalue weighted by Crippen LogP contribution is 2.37. The summed E-state index contributed by atoms with van der Waals surface area (Å²) in [6.07, 6.45) is 0. The summed E-state index contributed by atoms with van der Waals surface area (Å²) >= 11 is 11.3. The van der Waals surface area contributed by atoms with Gasteiger partial charge in [-0.3, -0.25) is 0 Å². The van der Waals surface area contributed by atoms with Gasteiger partial charge in [0, 0.05) is 21.9 Å². The highest BCUT2D eigenvalue weighted by molar-refractivity contribution is 9.10. The van der Waals surface area contributed by atoms with Crippen molar-refractivity contribution in [3.8, 4) is 11.5 Å². The Morgan fingerprint density at radius 2 is 1.86 bits per heavy atom. The predicted octanol–water partition coefficient (Wildman–Crippen LogP) is 4.99. The van der Waals surface area contributed by atoms with Gasteiger partial charge in [-0.2, -0.15) is 0 Å². The van der Waals surface area contributed by atoms with E-state index in [-0.39, 0.29) is 0 Å². The quantitative estimate of drug-likeness (QED) is 0.578. The molecule has 0 saturated carbocycles. The number of ether oxygens (including phenoxy) is 2. The minimum atomic E-state index is 0.656. The SMILES string of the molecule is COc1cc(CSc2ccc(N)cc2Cl)c(OC)cc1Br. The van der Waals surface area contributed by atoms with Crippen molar-refractivity contribution in [2.75, 3.05) is 20.0 Å². The van der Waals surface area contributed by atoms with Gasteiger partial charge in [-0.15, -0.1) is 11.8 Å². The average Bonchev–Trinajstić information content (AvgIpc) is 2.47. The first-order valence-electron chi connectivity index (χ1n) is 6.13. The van der Waals surface area contributed by atoms with E-state index in [2.05, 4.69) is 15.9 Å². The molecule has 3 nitrogen and oxygen atoms in total. The van der Waals surface area contributed by atoms with Crippen molar-refractivity contribution in [1.82, 2.24) is 0 Å². The Hall–Kier alpha value is -1.04. The van der Waals surface area contributed by atoms with Gasteiger partial charge in [-0.1, -0.05) is 11.6 Å². The number of halogens is 2. The number of benzene rings is 2. The maximum Gasteiger partial charge on any atom is 0.133 e. The van der Waals surface area contributed by atoms with E-state index in [1.807, 2.05) is 24.3 Å². The number of anilines is 1. The molecule has 0 heterocycles. The van der Waals surface area contributed by atoms with Gasteiger partial charge in [0.05, 0.1) is 23.7 Å². The number of thioether (sulfide) groups is 1. The highest BCUT2D eigenvalue weighted by Gasteiger charge is 2.11. The van der Waals surface area contributed by atoms with Crippen molar-refractivity contribution in [1.29, 1.82) is 0 Å². The lowest BCUT2D eigenvalue weighted by atomic mass is 10.2. The molecule has 0 bridgehead atoms. The molecule has 0 saturated heterocycles. The van der Waals surface area contributed by atoms with E-state index in [4.69, 9.17) is 26.8 Å². The molecule has 2 aromatic carbocycles. The zero-order valence-corrected chi connectivity index (χ0v) is 14.8. The summed E-state index contributed by atoms with van der Waals surface area (Å²) in [6.45, 7) is 0. The molecule has 0 atom stereocenters. The molecule has 2 N–H and O–H groups in total. The molecule has 0 aromatic heterocycles. The molecule has 0 radical (unpaired) electrons. The lowest BCUT2D eigenvalue weighted by Crippen LogP contribution is -1.94. The fraction of sp³-hybridized carbons (Fsp3) is 0.200. The third-order valence-electron chi connectivity index (χ3n) is 2.89. The first kappa shape index (κ1) is 16.3. The summed E-state index contributed by atoms with van der Waals surface area (Å²) in [7, 11) is 3.29. The van der Waals surface area contributed by atoms with E-state index in [0.717, 1.165) is 32.2 Å². The van der Waals surface area contributed by atoms with Crippen LogP contribution in [0.25, 0.3) is 0 Å². The molecule has 21 heavy (non-hydrogen) atoms. The molecule has 2 aromatic rings. The Bertz CT molecular complexity index is 652. The molecule has 0 fully saturated rings. The van der Waals surface area contributed by atoms with Gasteiger partial charge in [-0.25, -0.2) is 0 Å². The standard InChI is InChI=1S/C15H15BrClNO2S/c1-19-13-7-11(16)14(20-2)5-9(13)8-21-15-4-3-10(18)6-12(15)17/h3-7H,8,18H2,1-2H3. The van der Waals surface area contributed by atoms with Crippen LogP contribution in [0.4, 0.5) is 5.69 Å². The summed E-state index contributed by atoms with van der Waals surface area (Å²) in [5.74, 6) is 2.30. The summed E-state index contributed by atoms with van der Waals surface area (Å²) in [4.78, 5) is 0.981. The molecule has 0 amide bonds. The van der Waals surface area contributed by atoms with E-state index < -0.39 is 0 Å². The molecule has 0 spiro atoms. The number of rotatable bonds is 5. The molecule has 0 unspecified atom stereocenters. The van der Waals surface area contributed by atoms with E-state index in [1.54, 1.807) is 32.0 Å². The largest absolute Gasteiger partial charge is 0.496 e. The number of hydrogen-bond donors (Lipinski definition) is 1. The topological polar surface area (TPSA) is 44.5 Å². The van der Waals surface area contributed by atoms with Crippen LogP contribution >= 0.6 is 39.3 Å². The third kappa shape index (κ3) is 3.99. The van der Waals surface area contributed by atoms with Crippen LogP contribution < -0.4 is 15.2 Å². The smallest absolute Gasteiger partial charge is 0.133 e. The van der Waals surface area contributed by atoms with Crippen molar-refractivity contribution >= 4 is 45.0 Å². The highest BCUT2D eigenvalue weighted by atomic mass is 79.9. The van der Waals surface area contributed by atoms with Crippen LogP contribution in [0, 0.1) is 0 Å². The van der Waals surface area contributed by atoms with Gasteiger partial charge in [0.2, 0.25) is 0 Å². The minimum Gasteiger partial charge on any atom is -0.496 e. The van der Waals surface area contributed by atoms with Crippen molar-refractivity contribution in [3.63, 3.8) is 0 Å². The van der Waals surface area contributed by atoms with Gasteiger partial charge in [0.15, 0.2) is 0 Å². The Labute approximate surface area is 141 Å². The maximum absolute atomic E-state index is 6.19. The van der Waals surface area contributed by atoms with Crippen molar-refractivity contribution in [2.45, 2.75) is 10.6 Å². The van der Waals surface area contributed by atoms with Crippen molar-refractivity contribution in [2.24, 2.45) is 0 Å². The molecular weight excluding hydrogens is 374 g/mol. The van der Waals surface area contributed by atoms with Crippen molar-refractivity contribution in [3.05, 3.63) is 45.4 Å². The van der Waals surface area contributed by atoms with Crippen LogP contribution in [0.2, 0.25) is 5.02 Å². The van der Waals surface area contributed by atoms with Gasteiger partial charge in [-0.05, 0) is 46.3 Å². The van der Waals surface area contributed by atoms with E-state index in [0.29, 0.717) is 10.7 Å². The van der Waals surface area contributed by atoms with Gasteiger partial charge in [0.25, 0.3) is 0 Å². The molecule has 2 rings (SSSR count). The van der Waals surface area contributed by atoms with E-state index >= 15 is 0 Å². The number of nitrogen functional groups attached to an aromatic ring is 1. The van der Waals surface area contributed by atoms with Crippen LogP contribution in [0.5, 0.6) is 11.5 Å². The predicted molar refractivity (Wildman–Crippen MR) is 92.7 cm³/mol. The zero-order chi connectivity index (χ0) is 15.4. The molecule has 0 aliphatic rings. The van der Waals surface area contributed by atoms with Gasteiger partial charge in [0.1, 0.15) is 11.5 Å². The minimum absolute atomic E-state index is 0.656. The molecule has 6 heteroatoms. The maximum atomic E-state index is 6.19. The molecule has 0 aliphatic heterocycles. The second-order valence-corrected chi connectivity index (χ2v) is 6.56. The number of nitrogens with two attached hydrogens (primary N) is 1. The first-order chi connectivity index (χ1) is 10.0. The monoisotopic (exact) mass is 387 g/mol. The van der Waals surface area contributed by atoms with E-state index in [1.165, 1.54) is 0 Å². The Morgan fingerprint density at radius 3 is 2.48 bits per heavy atom. The Kier molecular flexibility index (Phi) is 5.67. The summed E-state index contributed by atoms with van der Waals surface area (Å²) in [5, 5.41) is 0.656. The van der Waals surface area contributed by atoms with Gasteiger partial charge < -0.3 is 15.2 Å². The zero-order valence-electron chi connectivity index (χ0n) is 11.7.